The molecule has 4 rings (SSSR count). The average molecular weight is 501 g/mol. The van der Waals surface area contributed by atoms with Crippen LogP contribution in [0.1, 0.15) is 53.4 Å². The van der Waals surface area contributed by atoms with Gasteiger partial charge in [0.05, 0.1) is 34.1 Å². The van der Waals surface area contributed by atoms with Crippen LogP contribution in [0.3, 0.4) is 0 Å². The summed E-state index contributed by atoms with van der Waals surface area (Å²) in [7, 11) is 1.66. The van der Waals surface area contributed by atoms with E-state index in [0.717, 1.165) is 5.56 Å². The Balaban J connectivity index is 1.40. The van der Waals surface area contributed by atoms with E-state index in [4.69, 9.17) is 16.3 Å². The van der Waals surface area contributed by atoms with Crippen LogP contribution in [0.2, 0.25) is 5.02 Å². The molecule has 3 unspecified atom stereocenters. The van der Waals surface area contributed by atoms with E-state index in [9.17, 15) is 19.1 Å². The zero-order valence-electron chi connectivity index (χ0n) is 19.3. The Hall–Kier alpha value is -3.43. The van der Waals surface area contributed by atoms with E-state index in [1.807, 2.05) is 30.3 Å². The molecule has 3 atom stereocenters. The van der Waals surface area contributed by atoms with Gasteiger partial charge in [-0.05, 0) is 37.5 Å². The standard InChI is InChI=1S/C25H26ClFN4O4/c1-15(32)23(16-7-4-3-5-8-16)31-14-17(13-28-31)24(33)30(2)12-6-9-20-21-19(29-25(34)35-20)11-10-18(26)22(21)27/h3-5,7-8,10-11,13-15,20,23,32H,6,9,12H2,1-2H3,(H,29,34). The van der Waals surface area contributed by atoms with E-state index in [2.05, 4.69) is 10.4 Å². The third-order valence-electron chi connectivity index (χ3n) is 5.98. The minimum absolute atomic E-state index is 0.0520. The summed E-state index contributed by atoms with van der Waals surface area (Å²) in [4.78, 5) is 26.3. The summed E-state index contributed by atoms with van der Waals surface area (Å²) in [5.41, 5.74) is 1.79. The zero-order chi connectivity index (χ0) is 25.1. The number of rotatable bonds is 8. The number of hydrogen-bond acceptors (Lipinski definition) is 5. The summed E-state index contributed by atoms with van der Waals surface area (Å²) in [6, 6.07) is 11.9. The summed E-state index contributed by atoms with van der Waals surface area (Å²) >= 11 is 5.90. The minimum Gasteiger partial charge on any atom is -0.441 e. The first kappa shape index (κ1) is 24.7. The van der Waals surface area contributed by atoms with Gasteiger partial charge in [0.2, 0.25) is 0 Å². The molecule has 1 aromatic heterocycles. The molecule has 0 spiro atoms. The lowest BCUT2D eigenvalue weighted by atomic mass is 10.0. The molecule has 10 heteroatoms. The number of cyclic esters (lactones) is 1. The van der Waals surface area contributed by atoms with Crippen LogP contribution in [0.4, 0.5) is 14.9 Å². The molecular weight excluding hydrogens is 475 g/mol. The Kier molecular flexibility index (Phi) is 7.37. The van der Waals surface area contributed by atoms with Gasteiger partial charge in [-0.3, -0.25) is 14.8 Å². The molecule has 0 fully saturated rings. The van der Waals surface area contributed by atoms with Crippen LogP contribution in [0, 0.1) is 5.82 Å². The van der Waals surface area contributed by atoms with Crippen molar-refractivity contribution < 1.29 is 23.8 Å². The van der Waals surface area contributed by atoms with Crippen LogP contribution >= 0.6 is 11.6 Å². The predicted molar refractivity (Wildman–Crippen MR) is 129 cm³/mol. The summed E-state index contributed by atoms with van der Waals surface area (Å²) in [6.07, 6.45) is 1.67. The molecule has 1 aliphatic heterocycles. The number of nitrogens with zero attached hydrogens (tertiary/aromatic N) is 3. The molecule has 3 aromatic rings. The number of carbonyl (C=O) groups excluding carboxylic acids is 2. The second-order valence-corrected chi connectivity index (χ2v) is 8.92. The maximum absolute atomic E-state index is 14.6. The zero-order valence-corrected chi connectivity index (χ0v) is 20.1. The molecule has 0 radical (unpaired) electrons. The predicted octanol–water partition coefficient (Wildman–Crippen LogP) is 4.80. The lowest BCUT2D eigenvalue weighted by Crippen LogP contribution is -2.29. The van der Waals surface area contributed by atoms with Crippen molar-refractivity contribution in [3.8, 4) is 0 Å². The number of benzene rings is 2. The molecule has 0 saturated carbocycles. The number of aromatic nitrogens is 2. The highest BCUT2D eigenvalue weighted by atomic mass is 35.5. The van der Waals surface area contributed by atoms with Crippen LogP contribution in [0.15, 0.2) is 54.9 Å². The number of nitrogens with one attached hydrogen (secondary N) is 1. The quantitative estimate of drug-likeness (QED) is 0.463. The number of aliphatic hydroxyl groups excluding tert-OH is 1. The lowest BCUT2D eigenvalue weighted by Gasteiger charge is -2.27. The van der Waals surface area contributed by atoms with Gasteiger partial charge in [0.1, 0.15) is 12.1 Å². The van der Waals surface area contributed by atoms with E-state index in [1.54, 1.807) is 24.9 Å². The number of ether oxygens (including phenoxy) is 1. The molecule has 0 aliphatic carbocycles. The highest BCUT2D eigenvalue weighted by Crippen LogP contribution is 2.38. The Bertz CT molecular complexity index is 1220. The molecule has 2 heterocycles. The SMILES string of the molecule is CC(O)C(c1ccccc1)n1cc(C(=O)N(C)CCCC2OC(=O)Nc3ccc(Cl)c(F)c32)cn1. The second-order valence-electron chi connectivity index (χ2n) is 8.52. The smallest absolute Gasteiger partial charge is 0.412 e. The van der Waals surface area contributed by atoms with Gasteiger partial charge in [-0.25, -0.2) is 9.18 Å². The van der Waals surface area contributed by atoms with Crippen molar-refractivity contribution in [3.63, 3.8) is 0 Å². The van der Waals surface area contributed by atoms with Gasteiger partial charge in [0.15, 0.2) is 5.82 Å². The van der Waals surface area contributed by atoms with Crippen LogP contribution in [0.5, 0.6) is 0 Å². The van der Waals surface area contributed by atoms with E-state index in [1.165, 1.54) is 23.2 Å². The molecule has 1 aliphatic rings. The molecule has 184 valence electrons. The number of halogens is 2. The second kappa shape index (κ2) is 10.5. The van der Waals surface area contributed by atoms with Crippen LogP contribution in [-0.2, 0) is 4.74 Å². The molecule has 2 aromatic carbocycles. The molecule has 0 saturated heterocycles. The molecular formula is C25H26ClFN4O4. The molecule has 2 amide bonds. The number of aliphatic hydroxyl groups is 1. The van der Waals surface area contributed by atoms with E-state index < -0.39 is 30.2 Å². The topological polar surface area (TPSA) is 96.7 Å². The maximum atomic E-state index is 14.6. The van der Waals surface area contributed by atoms with Crippen molar-refractivity contribution in [1.29, 1.82) is 0 Å². The normalized spacial score (nSPS) is 16.6. The van der Waals surface area contributed by atoms with Gasteiger partial charge >= 0.3 is 6.09 Å². The van der Waals surface area contributed by atoms with Crippen molar-refractivity contribution in [2.45, 2.75) is 38.0 Å². The number of carbonyl (C=O) groups is 2. The van der Waals surface area contributed by atoms with E-state index in [0.29, 0.717) is 30.6 Å². The Morgan fingerprint density at radius 1 is 1.31 bits per heavy atom. The first-order valence-electron chi connectivity index (χ1n) is 11.2. The third kappa shape index (κ3) is 5.31. The largest absolute Gasteiger partial charge is 0.441 e. The van der Waals surface area contributed by atoms with E-state index >= 15 is 0 Å². The summed E-state index contributed by atoms with van der Waals surface area (Å²) in [5, 5.41) is 17.0. The fourth-order valence-corrected chi connectivity index (χ4v) is 4.42. The third-order valence-corrected chi connectivity index (χ3v) is 6.27. The summed E-state index contributed by atoms with van der Waals surface area (Å²) in [6.45, 7) is 2.02. The number of fused-ring (bicyclic) bond motifs is 1. The fraction of sp³-hybridized carbons (Fsp3) is 0.320. The number of amides is 2. The van der Waals surface area contributed by atoms with Gasteiger partial charge in [0, 0.05) is 19.8 Å². The number of anilines is 1. The Labute approximate surface area is 207 Å². The Morgan fingerprint density at radius 2 is 2.06 bits per heavy atom. The van der Waals surface area contributed by atoms with Crippen molar-refractivity contribution in [3.05, 3.63) is 82.4 Å². The van der Waals surface area contributed by atoms with Gasteiger partial charge in [0.25, 0.3) is 5.91 Å². The van der Waals surface area contributed by atoms with Crippen LogP contribution < -0.4 is 5.32 Å². The highest BCUT2D eigenvalue weighted by Gasteiger charge is 2.30. The van der Waals surface area contributed by atoms with Gasteiger partial charge < -0.3 is 14.7 Å². The molecule has 35 heavy (non-hydrogen) atoms. The van der Waals surface area contributed by atoms with Gasteiger partial charge in [-0.15, -0.1) is 0 Å². The molecule has 2 N–H and O–H groups in total. The van der Waals surface area contributed by atoms with Crippen molar-refractivity contribution in [2.24, 2.45) is 0 Å². The van der Waals surface area contributed by atoms with Gasteiger partial charge in [-0.1, -0.05) is 41.9 Å². The van der Waals surface area contributed by atoms with Crippen molar-refractivity contribution in [1.82, 2.24) is 14.7 Å². The Morgan fingerprint density at radius 3 is 2.77 bits per heavy atom. The summed E-state index contributed by atoms with van der Waals surface area (Å²) < 4.78 is 21.5. The molecule has 0 bridgehead atoms. The highest BCUT2D eigenvalue weighted by molar-refractivity contribution is 6.31. The van der Waals surface area contributed by atoms with E-state index in [-0.39, 0.29) is 16.5 Å². The minimum atomic E-state index is -0.804. The fourth-order valence-electron chi connectivity index (χ4n) is 4.26. The van der Waals surface area contributed by atoms with Gasteiger partial charge in [-0.2, -0.15) is 5.10 Å². The van der Waals surface area contributed by atoms with Crippen LogP contribution in [0.25, 0.3) is 0 Å². The van der Waals surface area contributed by atoms with Crippen molar-refractivity contribution >= 4 is 29.3 Å². The first-order chi connectivity index (χ1) is 16.8. The number of hydrogen-bond donors (Lipinski definition) is 2. The average Bonchev–Trinajstić information content (AvgIpc) is 3.30. The first-order valence-corrected chi connectivity index (χ1v) is 11.6. The van der Waals surface area contributed by atoms with Crippen molar-refractivity contribution in [2.75, 3.05) is 18.9 Å². The lowest BCUT2D eigenvalue weighted by molar-refractivity contribution is 0.0759. The molecule has 8 nitrogen and oxygen atoms in total. The monoisotopic (exact) mass is 500 g/mol. The maximum Gasteiger partial charge on any atom is 0.412 e. The summed E-state index contributed by atoms with van der Waals surface area (Å²) in [5.74, 6) is -0.873. The van der Waals surface area contributed by atoms with Crippen LogP contribution in [-0.4, -0.2) is 51.5 Å².